The number of hydrogen-bond donors (Lipinski definition) is 2. The minimum atomic E-state index is 0.653. The maximum absolute atomic E-state index is 5.77. The molecule has 2 rings (SSSR count). The lowest BCUT2D eigenvalue weighted by molar-refractivity contribution is 0.793. The number of nitrogens with one attached hydrogen (secondary N) is 1. The first-order valence-electron chi connectivity index (χ1n) is 7.62. The molecule has 0 amide bonds. The van der Waals surface area contributed by atoms with Gasteiger partial charge in [-0.1, -0.05) is 33.6 Å². The van der Waals surface area contributed by atoms with Crippen molar-refractivity contribution in [2.24, 2.45) is 5.73 Å². The van der Waals surface area contributed by atoms with E-state index in [0.29, 0.717) is 6.54 Å². The largest absolute Gasteiger partial charge is 0.383 e. The fraction of sp³-hybridized carbons (Fsp3) is 0.333. The number of halogens is 1. The van der Waals surface area contributed by atoms with Crippen LogP contribution in [0.4, 0.5) is 11.4 Å². The molecule has 0 aromatic heterocycles. The number of nitrogens with two attached hydrogens (primary N) is 1. The summed E-state index contributed by atoms with van der Waals surface area (Å²) < 4.78 is 1.11. The minimum absolute atomic E-state index is 0.653. The molecule has 3 nitrogen and oxygen atoms in total. The molecule has 0 saturated carbocycles. The van der Waals surface area contributed by atoms with Crippen molar-refractivity contribution in [2.45, 2.75) is 13.8 Å². The van der Waals surface area contributed by atoms with Crippen LogP contribution >= 0.6 is 15.9 Å². The zero-order valence-corrected chi connectivity index (χ0v) is 14.9. The van der Waals surface area contributed by atoms with Gasteiger partial charge in [-0.2, -0.15) is 0 Å². The molecule has 0 aliphatic heterocycles. The van der Waals surface area contributed by atoms with Crippen molar-refractivity contribution in [3.8, 4) is 0 Å². The fourth-order valence-electron chi connectivity index (χ4n) is 2.49. The molecule has 0 fully saturated rings. The lowest BCUT2D eigenvalue weighted by Gasteiger charge is -2.26. The second-order valence-electron chi connectivity index (χ2n) is 5.50. The second-order valence-corrected chi connectivity index (χ2v) is 6.42. The summed E-state index contributed by atoms with van der Waals surface area (Å²) in [5.74, 6) is 0. The van der Waals surface area contributed by atoms with Crippen LogP contribution < -0.4 is 16.0 Å². The normalized spacial score (nSPS) is 10.5. The molecule has 0 unspecified atom stereocenters. The second kappa shape index (κ2) is 8.20. The lowest BCUT2D eigenvalue weighted by atomic mass is 10.2. The van der Waals surface area contributed by atoms with Crippen molar-refractivity contribution in [1.29, 1.82) is 0 Å². The van der Waals surface area contributed by atoms with Gasteiger partial charge in [0.2, 0.25) is 0 Å². The van der Waals surface area contributed by atoms with Crippen LogP contribution in [-0.4, -0.2) is 26.2 Å². The molecule has 118 valence electrons. The Labute approximate surface area is 141 Å². The smallest absolute Gasteiger partial charge is 0.0397 e. The summed E-state index contributed by atoms with van der Waals surface area (Å²) in [6.45, 7) is 7.56. The maximum atomic E-state index is 5.77. The van der Waals surface area contributed by atoms with E-state index in [4.69, 9.17) is 5.73 Å². The number of hydrogen-bond acceptors (Lipinski definition) is 3. The monoisotopic (exact) mass is 361 g/mol. The van der Waals surface area contributed by atoms with Gasteiger partial charge in [0.1, 0.15) is 0 Å². The Hall–Kier alpha value is -1.52. The zero-order valence-electron chi connectivity index (χ0n) is 13.3. The first kappa shape index (κ1) is 16.8. The van der Waals surface area contributed by atoms with Crippen molar-refractivity contribution in [2.75, 3.05) is 36.4 Å². The van der Waals surface area contributed by atoms with Gasteiger partial charge in [0.05, 0.1) is 0 Å². The Morgan fingerprint density at radius 1 is 1.05 bits per heavy atom. The van der Waals surface area contributed by atoms with Crippen molar-refractivity contribution in [1.82, 2.24) is 0 Å². The van der Waals surface area contributed by atoms with Crippen LogP contribution in [0.15, 0.2) is 46.9 Å². The van der Waals surface area contributed by atoms with Gasteiger partial charge in [-0.3, -0.25) is 0 Å². The van der Waals surface area contributed by atoms with E-state index in [0.717, 1.165) is 29.8 Å². The lowest BCUT2D eigenvalue weighted by Crippen LogP contribution is -2.34. The fourth-order valence-corrected chi connectivity index (χ4v) is 2.96. The Balaban J connectivity index is 1.98. The average molecular weight is 362 g/mol. The van der Waals surface area contributed by atoms with E-state index in [1.54, 1.807) is 0 Å². The van der Waals surface area contributed by atoms with Gasteiger partial charge in [0.15, 0.2) is 0 Å². The third-order valence-corrected chi connectivity index (χ3v) is 4.15. The van der Waals surface area contributed by atoms with E-state index >= 15 is 0 Å². The molecule has 0 aliphatic carbocycles. The molecule has 0 saturated heterocycles. The highest BCUT2D eigenvalue weighted by Gasteiger charge is 2.08. The van der Waals surface area contributed by atoms with E-state index in [1.807, 2.05) is 0 Å². The molecule has 2 aromatic carbocycles. The standard InChI is InChI=1S/C18H24BrN3/c1-14-3-6-17(7-4-14)21-10-12-22(11-9-20)18-8-5-16(19)13-15(18)2/h3-8,13,21H,9-12,20H2,1-2H3. The van der Waals surface area contributed by atoms with Crippen LogP contribution in [0.3, 0.4) is 0 Å². The third kappa shape index (κ3) is 4.75. The van der Waals surface area contributed by atoms with Gasteiger partial charge in [-0.15, -0.1) is 0 Å². The molecule has 0 radical (unpaired) electrons. The van der Waals surface area contributed by atoms with E-state index in [2.05, 4.69) is 82.5 Å². The van der Waals surface area contributed by atoms with Crippen molar-refractivity contribution in [3.63, 3.8) is 0 Å². The van der Waals surface area contributed by atoms with E-state index in [1.165, 1.54) is 16.8 Å². The SMILES string of the molecule is Cc1ccc(NCCN(CCN)c2ccc(Br)cc2C)cc1. The van der Waals surface area contributed by atoms with Crippen LogP contribution in [0, 0.1) is 13.8 Å². The molecular weight excluding hydrogens is 338 g/mol. The highest BCUT2D eigenvalue weighted by atomic mass is 79.9. The number of anilines is 2. The minimum Gasteiger partial charge on any atom is -0.383 e. The van der Waals surface area contributed by atoms with Gasteiger partial charge in [-0.05, 0) is 49.7 Å². The summed E-state index contributed by atoms with van der Waals surface area (Å²) in [5, 5.41) is 3.47. The van der Waals surface area contributed by atoms with Gasteiger partial charge < -0.3 is 16.0 Å². The Bertz CT molecular complexity index is 596. The highest BCUT2D eigenvalue weighted by Crippen LogP contribution is 2.23. The summed E-state index contributed by atoms with van der Waals surface area (Å²) >= 11 is 3.52. The molecule has 0 heterocycles. The van der Waals surface area contributed by atoms with Gasteiger partial charge >= 0.3 is 0 Å². The van der Waals surface area contributed by atoms with Gasteiger partial charge in [0.25, 0.3) is 0 Å². The van der Waals surface area contributed by atoms with Crippen LogP contribution in [0.5, 0.6) is 0 Å². The van der Waals surface area contributed by atoms with Crippen molar-refractivity contribution < 1.29 is 0 Å². The van der Waals surface area contributed by atoms with Gasteiger partial charge in [-0.25, -0.2) is 0 Å². The summed E-state index contributed by atoms with van der Waals surface area (Å²) in [6, 6.07) is 14.9. The Kier molecular flexibility index (Phi) is 6.28. The van der Waals surface area contributed by atoms with Crippen LogP contribution in [0.2, 0.25) is 0 Å². The predicted octanol–water partition coefficient (Wildman–Crippen LogP) is 3.94. The quantitative estimate of drug-likeness (QED) is 0.784. The zero-order chi connectivity index (χ0) is 15.9. The van der Waals surface area contributed by atoms with E-state index < -0.39 is 0 Å². The number of nitrogens with zero attached hydrogens (tertiary/aromatic N) is 1. The predicted molar refractivity (Wildman–Crippen MR) is 99.8 cm³/mol. The van der Waals surface area contributed by atoms with Crippen molar-refractivity contribution >= 4 is 27.3 Å². The Morgan fingerprint density at radius 2 is 1.77 bits per heavy atom. The van der Waals surface area contributed by atoms with Crippen LogP contribution in [0.1, 0.15) is 11.1 Å². The van der Waals surface area contributed by atoms with Crippen LogP contribution in [-0.2, 0) is 0 Å². The molecule has 0 bridgehead atoms. The molecular formula is C18H24BrN3. The molecule has 0 atom stereocenters. The summed E-state index contributed by atoms with van der Waals surface area (Å²) in [5.41, 5.74) is 10.7. The summed E-state index contributed by atoms with van der Waals surface area (Å²) in [7, 11) is 0. The molecule has 2 aromatic rings. The highest BCUT2D eigenvalue weighted by molar-refractivity contribution is 9.10. The maximum Gasteiger partial charge on any atom is 0.0397 e. The first-order valence-corrected chi connectivity index (χ1v) is 8.41. The molecule has 0 aliphatic rings. The summed E-state index contributed by atoms with van der Waals surface area (Å²) in [6.07, 6.45) is 0. The van der Waals surface area contributed by atoms with Crippen molar-refractivity contribution in [3.05, 3.63) is 58.1 Å². The number of rotatable bonds is 7. The molecule has 22 heavy (non-hydrogen) atoms. The molecule has 3 N–H and O–H groups in total. The van der Waals surface area contributed by atoms with Gasteiger partial charge in [0, 0.05) is 42.0 Å². The van der Waals surface area contributed by atoms with E-state index in [9.17, 15) is 0 Å². The molecule has 4 heteroatoms. The van der Waals surface area contributed by atoms with Crippen LogP contribution in [0.25, 0.3) is 0 Å². The third-order valence-electron chi connectivity index (χ3n) is 3.66. The Morgan fingerprint density at radius 3 is 2.41 bits per heavy atom. The topological polar surface area (TPSA) is 41.3 Å². The number of aryl methyl sites for hydroxylation is 2. The van der Waals surface area contributed by atoms with E-state index in [-0.39, 0.29) is 0 Å². The average Bonchev–Trinajstić information content (AvgIpc) is 2.49. The first-order chi connectivity index (χ1) is 10.6. The number of benzene rings is 2. The summed E-state index contributed by atoms with van der Waals surface area (Å²) in [4.78, 5) is 2.34. The molecule has 0 spiro atoms.